The van der Waals surface area contributed by atoms with Crippen LogP contribution in [0.1, 0.15) is 25.3 Å². The number of para-hydroxylation sites is 1. The molecule has 1 N–H and O–H groups in total. The number of carboxylic acid groups (broad SMARTS) is 1. The lowest BCUT2D eigenvalue weighted by Gasteiger charge is -2.27. The maximum absolute atomic E-state index is 12.6. The Labute approximate surface area is 124 Å². The molecule has 112 valence electrons. The van der Waals surface area contributed by atoms with Gasteiger partial charge in [-0.3, -0.25) is 14.5 Å². The van der Waals surface area contributed by atoms with E-state index in [1.165, 1.54) is 5.56 Å². The molecule has 2 heterocycles. The number of fused-ring (bicyclic) bond motifs is 1. The molecule has 1 saturated heterocycles. The Morgan fingerprint density at radius 2 is 2.10 bits per heavy atom. The van der Waals surface area contributed by atoms with Gasteiger partial charge in [0.15, 0.2) is 0 Å². The maximum atomic E-state index is 12.6. The third-order valence-corrected chi connectivity index (χ3v) is 4.46. The lowest BCUT2D eigenvalue weighted by molar-refractivity contribution is -0.142. The second kappa shape index (κ2) is 5.48. The molecule has 0 aliphatic carbocycles. The average molecular weight is 288 g/mol. The molecule has 1 aromatic rings. The monoisotopic (exact) mass is 288 g/mol. The topological polar surface area (TPSA) is 60.9 Å². The fourth-order valence-corrected chi connectivity index (χ4v) is 3.49. The summed E-state index contributed by atoms with van der Waals surface area (Å²) in [4.78, 5) is 27.5. The first kappa shape index (κ1) is 14.1. The lowest BCUT2D eigenvalue weighted by Crippen LogP contribution is -2.46. The zero-order chi connectivity index (χ0) is 15.0. The van der Waals surface area contributed by atoms with Crippen LogP contribution in [0.3, 0.4) is 0 Å². The van der Waals surface area contributed by atoms with Gasteiger partial charge in [0.2, 0.25) is 5.91 Å². The molecular weight excluding hydrogens is 268 g/mol. The van der Waals surface area contributed by atoms with Gasteiger partial charge in [-0.05, 0) is 44.4 Å². The summed E-state index contributed by atoms with van der Waals surface area (Å²) in [5.74, 6) is -0.823. The highest BCUT2D eigenvalue weighted by molar-refractivity contribution is 5.97. The van der Waals surface area contributed by atoms with Crippen LogP contribution in [0.25, 0.3) is 0 Å². The minimum absolute atomic E-state index is 0.000556. The van der Waals surface area contributed by atoms with Crippen molar-refractivity contribution in [3.05, 3.63) is 29.8 Å². The number of anilines is 1. The Morgan fingerprint density at radius 3 is 2.86 bits per heavy atom. The van der Waals surface area contributed by atoms with Gasteiger partial charge < -0.3 is 10.0 Å². The molecule has 0 radical (unpaired) electrons. The van der Waals surface area contributed by atoms with Crippen molar-refractivity contribution in [2.75, 3.05) is 18.0 Å². The van der Waals surface area contributed by atoms with Crippen molar-refractivity contribution in [2.45, 2.75) is 38.3 Å². The van der Waals surface area contributed by atoms with E-state index >= 15 is 0 Å². The van der Waals surface area contributed by atoms with E-state index in [2.05, 4.69) is 6.07 Å². The number of carboxylic acids is 1. The van der Waals surface area contributed by atoms with Gasteiger partial charge in [-0.15, -0.1) is 0 Å². The Hall–Kier alpha value is -1.88. The largest absolute Gasteiger partial charge is 0.480 e. The number of amides is 1. The smallest absolute Gasteiger partial charge is 0.320 e. The number of aliphatic carboxylic acids is 1. The summed E-state index contributed by atoms with van der Waals surface area (Å²) in [6.07, 6.45) is 2.34. The van der Waals surface area contributed by atoms with Crippen LogP contribution in [0.4, 0.5) is 5.69 Å². The van der Waals surface area contributed by atoms with Crippen LogP contribution < -0.4 is 4.90 Å². The van der Waals surface area contributed by atoms with E-state index in [1.54, 1.807) is 4.90 Å². The quantitative estimate of drug-likeness (QED) is 0.916. The number of carbonyl (C=O) groups is 2. The normalized spacial score (nSPS) is 25.1. The van der Waals surface area contributed by atoms with Crippen LogP contribution in [0.2, 0.25) is 0 Å². The van der Waals surface area contributed by atoms with E-state index in [9.17, 15) is 14.7 Å². The van der Waals surface area contributed by atoms with Crippen LogP contribution >= 0.6 is 0 Å². The summed E-state index contributed by atoms with van der Waals surface area (Å²) >= 11 is 0. The summed E-state index contributed by atoms with van der Waals surface area (Å²) < 4.78 is 0. The van der Waals surface area contributed by atoms with Crippen LogP contribution in [0, 0.1) is 0 Å². The zero-order valence-corrected chi connectivity index (χ0v) is 12.2. The fourth-order valence-electron chi connectivity index (χ4n) is 3.49. The molecule has 0 aromatic heterocycles. The van der Waals surface area contributed by atoms with Gasteiger partial charge >= 0.3 is 5.97 Å². The number of hydrogen-bond acceptors (Lipinski definition) is 3. The van der Waals surface area contributed by atoms with Gasteiger partial charge in [-0.25, -0.2) is 0 Å². The average Bonchev–Trinajstić information content (AvgIpc) is 3.01. The number of hydrogen-bond donors (Lipinski definition) is 1. The van der Waals surface area contributed by atoms with Crippen LogP contribution in [0.15, 0.2) is 24.3 Å². The van der Waals surface area contributed by atoms with Gasteiger partial charge in [0.05, 0.1) is 6.54 Å². The second-order valence-electron chi connectivity index (χ2n) is 5.91. The number of nitrogens with zero attached hydrogens (tertiary/aromatic N) is 2. The van der Waals surface area contributed by atoms with Gasteiger partial charge in [-0.2, -0.15) is 0 Å². The summed E-state index contributed by atoms with van der Waals surface area (Å²) in [6, 6.07) is 7.57. The Bertz CT molecular complexity index is 572. The van der Waals surface area contributed by atoms with E-state index < -0.39 is 12.0 Å². The van der Waals surface area contributed by atoms with Crippen molar-refractivity contribution in [3.8, 4) is 0 Å². The molecule has 2 aliphatic heterocycles. The summed E-state index contributed by atoms with van der Waals surface area (Å²) in [5.41, 5.74) is 2.16. The Kier molecular flexibility index (Phi) is 3.68. The standard InChI is InChI=1S/C16H20N2O3/c1-11-9-12-5-2-3-6-13(12)18(11)15(19)10-17-8-4-7-14(17)16(20)21/h2-3,5-6,11,14H,4,7-10H2,1H3,(H,20,21)/t11-,14+/m0/s1. The van der Waals surface area contributed by atoms with E-state index in [0.29, 0.717) is 13.0 Å². The number of benzene rings is 1. The summed E-state index contributed by atoms with van der Waals surface area (Å²) in [5, 5.41) is 9.21. The highest BCUT2D eigenvalue weighted by Crippen LogP contribution is 2.32. The first-order valence-electron chi connectivity index (χ1n) is 7.44. The minimum atomic E-state index is -0.824. The molecule has 2 aliphatic rings. The third kappa shape index (κ3) is 2.53. The molecule has 0 spiro atoms. The summed E-state index contributed by atoms with van der Waals surface area (Å²) in [6.45, 7) is 2.92. The SMILES string of the molecule is C[C@H]1Cc2ccccc2N1C(=O)CN1CCC[C@@H]1C(=O)O. The van der Waals surface area contributed by atoms with Crippen LogP contribution in [0.5, 0.6) is 0 Å². The van der Waals surface area contributed by atoms with Crippen molar-refractivity contribution in [1.29, 1.82) is 0 Å². The highest BCUT2D eigenvalue weighted by atomic mass is 16.4. The van der Waals surface area contributed by atoms with Gasteiger partial charge in [0.25, 0.3) is 0 Å². The molecule has 2 atom stereocenters. The third-order valence-electron chi connectivity index (χ3n) is 4.46. The van der Waals surface area contributed by atoms with Gasteiger partial charge in [-0.1, -0.05) is 18.2 Å². The van der Waals surface area contributed by atoms with Crippen molar-refractivity contribution in [2.24, 2.45) is 0 Å². The van der Waals surface area contributed by atoms with Gasteiger partial charge in [0.1, 0.15) is 6.04 Å². The molecule has 1 fully saturated rings. The summed E-state index contributed by atoms with van der Waals surface area (Å²) in [7, 11) is 0. The van der Waals surface area contributed by atoms with Crippen molar-refractivity contribution in [1.82, 2.24) is 4.90 Å². The molecule has 0 unspecified atom stereocenters. The maximum Gasteiger partial charge on any atom is 0.320 e. The molecule has 3 rings (SSSR count). The van der Waals surface area contributed by atoms with Crippen molar-refractivity contribution in [3.63, 3.8) is 0 Å². The van der Waals surface area contributed by atoms with Crippen molar-refractivity contribution < 1.29 is 14.7 Å². The Balaban J connectivity index is 1.75. The van der Waals surface area contributed by atoms with E-state index in [0.717, 1.165) is 18.5 Å². The zero-order valence-electron chi connectivity index (χ0n) is 12.2. The van der Waals surface area contributed by atoms with E-state index in [4.69, 9.17) is 0 Å². The first-order valence-corrected chi connectivity index (χ1v) is 7.44. The van der Waals surface area contributed by atoms with Gasteiger partial charge in [0, 0.05) is 11.7 Å². The van der Waals surface area contributed by atoms with Crippen LogP contribution in [-0.2, 0) is 16.0 Å². The van der Waals surface area contributed by atoms with E-state index in [1.807, 2.05) is 30.0 Å². The lowest BCUT2D eigenvalue weighted by atomic mass is 10.1. The predicted octanol–water partition coefficient (Wildman–Crippen LogP) is 1.51. The molecule has 5 heteroatoms. The Morgan fingerprint density at radius 1 is 1.33 bits per heavy atom. The predicted molar refractivity (Wildman–Crippen MR) is 79.3 cm³/mol. The highest BCUT2D eigenvalue weighted by Gasteiger charge is 2.36. The molecule has 0 bridgehead atoms. The van der Waals surface area contributed by atoms with Crippen molar-refractivity contribution >= 4 is 17.6 Å². The molecular formula is C16H20N2O3. The van der Waals surface area contributed by atoms with Crippen LogP contribution in [-0.4, -0.2) is 47.1 Å². The van der Waals surface area contributed by atoms with E-state index in [-0.39, 0.29) is 18.5 Å². The molecule has 5 nitrogen and oxygen atoms in total. The second-order valence-corrected chi connectivity index (χ2v) is 5.91. The number of carbonyl (C=O) groups excluding carboxylic acids is 1. The molecule has 0 saturated carbocycles. The molecule has 21 heavy (non-hydrogen) atoms. The number of rotatable bonds is 3. The fraction of sp³-hybridized carbons (Fsp3) is 0.500. The first-order chi connectivity index (χ1) is 10.1. The molecule has 1 aromatic carbocycles. The minimum Gasteiger partial charge on any atom is -0.480 e. The molecule has 1 amide bonds. The number of likely N-dealkylation sites (tertiary alicyclic amines) is 1.